The number of benzene rings is 2. The number of methoxy groups -OCH3 is 1. The molecule has 2 rings (SSSR count). The molecule has 1 amide bonds. The normalized spacial score (nSPS) is 12.6. The van der Waals surface area contributed by atoms with Crippen LogP contribution in [0.3, 0.4) is 0 Å². The first kappa shape index (κ1) is 22.6. The van der Waals surface area contributed by atoms with Crippen LogP contribution in [0.4, 0.5) is 5.69 Å². The molecule has 0 saturated heterocycles. The summed E-state index contributed by atoms with van der Waals surface area (Å²) >= 11 is 12.0. The fourth-order valence-corrected chi connectivity index (χ4v) is 4.26. The van der Waals surface area contributed by atoms with E-state index in [1.54, 1.807) is 37.3 Å². The number of nitrogens with one attached hydrogen (secondary N) is 2. The second-order valence-corrected chi connectivity index (χ2v) is 8.84. The van der Waals surface area contributed by atoms with Crippen LogP contribution in [0.5, 0.6) is 0 Å². The maximum Gasteiger partial charge on any atom is 0.240 e. The molecular weight excluding hydrogens is 423 g/mol. The lowest BCUT2D eigenvalue weighted by Gasteiger charge is -2.13. The van der Waals surface area contributed by atoms with Crippen molar-refractivity contribution < 1.29 is 17.9 Å². The van der Waals surface area contributed by atoms with E-state index in [0.717, 1.165) is 5.56 Å². The number of carbonyl (C=O) groups is 1. The van der Waals surface area contributed by atoms with E-state index in [1.165, 1.54) is 19.2 Å². The molecule has 1 unspecified atom stereocenters. The number of rotatable bonds is 9. The van der Waals surface area contributed by atoms with Crippen molar-refractivity contribution in [2.75, 3.05) is 19.0 Å². The van der Waals surface area contributed by atoms with Gasteiger partial charge in [-0.05, 0) is 55.3 Å². The number of hydrogen-bond donors (Lipinski definition) is 2. The van der Waals surface area contributed by atoms with Crippen LogP contribution in [0, 0.1) is 0 Å². The summed E-state index contributed by atoms with van der Waals surface area (Å²) < 4.78 is 32.0. The Morgan fingerprint density at radius 2 is 1.82 bits per heavy atom. The average molecular weight is 445 g/mol. The Labute approximate surface area is 175 Å². The predicted molar refractivity (Wildman–Crippen MR) is 112 cm³/mol. The Hall–Kier alpha value is -1.64. The average Bonchev–Trinajstić information content (AvgIpc) is 2.61. The quantitative estimate of drug-likeness (QED) is 0.614. The van der Waals surface area contributed by atoms with Gasteiger partial charge in [-0.3, -0.25) is 4.79 Å². The Kier molecular flexibility index (Phi) is 8.27. The van der Waals surface area contributed by atoms with Gasteiger partial charge in [-0.2, -0.15) is 0 Å². The first-order valence-corrected chi connectivity index (χ1v) is 10.8. The first-order valence-electron chi connectivity index (χ1n) is 8.56. The number of aryl methyl sites for hydroxylation is 1. The molecule has 28 heavy (non-hydrogen) atoms. The molecule has 2 aromatic carbocycles. The van der Waals surface area contributed by atoms with Crippen molar-refractivity contribution in [3.05, 3.63) is 58.1 Å². The third-order valence-corrected chi connectivity index (χ3v) is 6.05. The number of carbonyl (C=O) groups excluding carboxylic acids is 1. The highest BCUT2D eigenvalue weighted by Gasteiger charge is 2.17. The largest absolute Gasteiger partial charge is 0.383 e. The lowest BCUT2D eigenvalue weighted by Crippen LogP contribution is -2.35. The molecule has 0 aliphatic carbocycles. The summed E-state index contributed by atoms with van der Waals surface area (Å²) in [6.45, 7) is 1.98. The Morgan fingerprint density at radius 1 is 1.14 bits per heavy atom. The molecule has 0 saturated carbocycles. The summed E-state index contributed by atoms with van der Waals surface area (Å²) in [6, 6.07) is 10.8. The summed E-state index contributed by atoms with van der Waals surface area (Å²) in [5.74, 6) is -0.200. The molecule has 0 spiro atoms. The molecule has 2 aromatic rings. The number of anilines is 1. The van der Waals surface area contributed by atoms with E-state index < -0.39 is 10.0 Å². The van der Waals surface area contributed by atoms with Crippen LogP contribution >= 0.6 is 23.2 Å². The minimum atomic E-state index is -3.65. The summed E-state index contributed by atoms with van der Waals surface area (Å²) in [5, 5.41) is 3.80. The van der Waals surface area contributed by atoms with Gasteiger partial charge >= 0.3 is 0 Å². The number of amides is 1. The van der Waals surface area contributed by atoms with Crippen LogP contribution < -0.4 is 10.0 Å². The van der Waals surface area contributed by atoms with Crippen molar-refractivity contribution >= 4 is 44.8 Å². The fraction of sp³-hybridized carbons (Fsp3) is 0.316. The molecule has 152 valence electrons. The minimum Gasteiger partial charge on any atom is -0.383 e. The van der Waals surface area contributed by atoms with Crippen molar-refractivity contribution in [1.29, 1.82) is 0 Å². The van der Waals surface area contributed by atoms with Gasteiger partial charge in [0.15, 0.2) is 0 Å². The lowest BCUT2D eigenvalue weighted by molar-refractivity contribution is -0.116. The van der Waals surface area contributed by atoms with Gasteiger partial charge in [-0.1, -0.05) is 29.3 Å². The monoisotopic (exact) mass is 444 g/mol. The van der Waals surface area contributed by atoms with E-state index >= 15 is 0 Å². The molecular formula is C19H22Cl2N2O4S. The van der Waals surface area contributed by atoms with E-state index in [-0.39, 0.29) is 29.9 Å². The molecule has 0 bridgehead atoms. The molecule has 2 N–H and O–H groups in total. The highest BCUT2D eigenvalue weighted by molar-refractivity contribution is 7.89. The van der Waals surface area contributed by atoms with Crippen LogP contribution in [-0.2, 0) is 26.0 Å². The number of ether oxygens (including phenoxy) is 1. The van der Waals surface area contributed by atoms with Crippen molar-refractivity contribution in [1.82, 2.24) is 4.72 Å². The Bertz CT molecular complexity index is 918. The first-order chi connectivity index (χ1) is 13.2. The highest BCUT2D eigenvalue weighted by atomic mass is 35.5. The Morgan fingerprint density at radius 3 is 2.43 bits per heavy atom. The highest BCUT2D eigenvalue weighted by Crippen LogP contribution is 2.22. The number of halogens is 2. The van der Waals surface area contributed by atoms with Crippen molar-refractivity contribution in [3.8, 4) is 0 Å². The molecule has 1 atom stereocenters. The van der Waals surface area contributed by atoms with Gasteiger partial charge < -0.3 is 10.1 Å². The third kappa shape index (κ3) is 6.76. The molecule has 0 radical (unpaired) electrons. The molecule has 9 heteroatoms. The van der Waals surface area contributed by atoms with E-state index in [9.17, 15) is 13.2 Å². The van der Waals surface area contributed by atoms with Crippen LogP contribution in [0.2, 0.25) is 10.0 Å². The van der Waals surface area contributed by atoms with Crippen molar-refractivity contribution in [3.63, 3.8) is 0 Å². The molecule has 0 heterocycles. The maximum atomic E-state index is 12.3. The lowest BCUT2D eigenvalue weighted by atomic mass is 10.1. The summed E-state index contributed by atoms with van der Waals surface area (Å²) in [4.78, 5) is 12.3. The van der Waals surface area contributed by atoms with Gasteiger partial charge in [0.1, 0.15) is 0 Å². The molecule has 6 nitrogen and oxygen atoms in total. The Balaban J connectivity index is 1.93. The van der Waals surface area contributed by atoms with Gasteiger partial charge in [0, 0.05) is 35.3 Å². The number of sulfonamides is 1. The zero-order valence-corrected chi connectivity index (χ0v) is 17.9. The zero-order chi connectivity index (χ0) is 20.7. The fourth-order valence-electron chi connectivity index (χ4n) is 2.53. The number of hydrogen-bond acceptors (Lipinski definition) is 4. The topological polar surface area (TPSA) is 84.5 Å². The maximum absolute atomic E-state index is 12.3. The van der Waals surface area contributed by atoms with Crippen LogP contribution in [0.15, 0.2) is 47.4 Å². The van der Waals surface area contributed by atoms with Gasteiger partial charge in [0.25, 0.3) is 0 Å². The smallest absolute Gasteiger partial charge is 0.240 e. The van der Waals surface area contributed by atoms with Gasteiger partial charge in [0.05, 0.1) is 11.5 Å². The third-order valence-electron chi connectivity index (χ3n) is 3.86. The summed E-state index contributed by atoms with van der Waals surface area (Å²) in [7, 11) is -2.15. The van der Waals surface area contributed by atoms with E-state index in [0.29, 0.717) is 22.2 Å². The summed E-state index contributed by atoms with van der Waals surface area (Å²) in [6.07, 6.45) is 0.701. The van der Waals surface area contributed by atoms with Crippen LogP contribution in [0.1, 0.15) is 18.9 Å². The van der Waals surface area contributed by atoms with E-state index in [4.69, 9.17) is 27.9 Å². The SMILES string of the molecule is COCC(C)NS(=O)(=O)c1ccc(NC(=O)CCc2ccc(Cl)cc2Cl)cc1. The van der Waals surface area contributed by atoms with Crippen LogP contribution in [-0.4, -0.2) is 34.1 Å². The second-order valence-electron chi connectivity index (χ2n) is 6.29. The van der Waals surface area contributed by atoms with Gasteiger partial charge in [-0.15, -0.1) is 0 Å². The van der Waals surface area contributed by atoms with E-state index in [1.807, 2.05) is 0 Å². The van der Waals surface area contributed by atoms with Gasteiger partial charge in [0.2, 0.25) is 15.9 Å². The van der Waals surface area contributed by atoms with Crippen molar-refractivity contribution in [2.24, 2.45) is 0 Å². The minimum absolute atomic E-state index is 0.112. The molecule has 0 aliphatic rings. The standard InChI is InChI=1S/C19H22Cl2N2O4S/c1-13(12-27-2)23-28(25,26)17-8-6-16(7-9-17)22-19(24)10-4-14-3-5-15(20)11-18(14)21/h3,5-9,11,13,23H,4,10,12H2,1-2H3,(H,22,24). The van der Waals surface area contributed by atoms with Gasteiger partial charge in [-0.25, -0.2) is 13.1 Å². The predicted octanol–water partition coefficient (Wildman–Crippen LogP) is 3.88. The van der Waals surface area contributed by atoms with Crippen LogP contribution in [0.25, 0.3) is 0 Å². The molecule has 0 fully saturated rings. The second kappa shape index (κ2) is 10.2. The molecule has 0 aliphatic heterocycles. The zero-order valence-electron chi connectivity index (χ0n) is 15.5. The van der Waals surface area contributed by atoms with E-state index in [2.05, 4.69) is 10.0 Å². The summed E-state index contributed by atoms with van der Waals surface area (Å²) in [5.41, 5.74) is 1.34. The molecule has 0 aromatic heterocycles. The van der Waals surface area contributed by atoms with Crippen molar-refractivity contribution in [2.45, 2.75) is 30.7 Å².